The van der Waals surface area contributed by atoms with Gasteiger partial charge in [-0.2, -0.15) is 0 Å². The van der Waals surface area contributed by atoms with Crippen molar-refractivity contribution >= 4 is 39.4 Å². The number of non-ortho nitro benzene ring substituents is 1. The van der Waals surface area contributed by atoms with Gasteiger partial charge in [0.25, 0.3) is 5.69 Å². The third kappa shape index (κ3) is 4.24. The average molecular weight is 480 g/mol. The number of carbonyl (C=O) groups is 2. The zero-order valence-corrected chi connectivity index (χ0v) is 17.7. The highest BCUT2D eigenvalue weighted by Gasteiger charge is 2.30. The summed E-state index contributed by atoms with van der Waals surface area (Å²) in [5.41, 5.74) is 1.92. The number of benzene rings is 3. The number of nitro groups is 1. The van der Waals surface area contributed by atoms with Gasteiger partial charge in [0.15, 0.2) is 5.76 Å². The van der Waals surface area contributed by atoms with Crippen LogP contribution in [0.4, 0.5) is 5.69 Å². The number of rotatable bonds is 4. The van der Waals surface area contributed by atoms with E-state index in [0.29, 0.717) is 22.3 Å². The van der Waals surface area contributed by atoms with E-state index >= 15 is 0 Å². The lowest BCUT2D eigenvalue weighted by Gasteiger charge is -2.08. The summed E-state index contributed by atoms with van der Waals surface area (Å²) in [7, 11) is 0. The number of esters is 1. The van der Waals surface area contributed by atoms with Crippen LogP contribution in [0.1, 0.15) is 31.8 Å². The van der Waals surface area contributed by atoms with Crippen LogP contribution in [0.15, 0.2) is 70.9 Å². The average Bonchev–Trinajstić information content (AvgIpc) is 3.04. The molecular weight excluding hydrogens is 466 g/mol. The predicted octanol–water partition coefficient (Wildman–Crippen LogP) is 5.50. The lowest BCUT2D eigenvalue weighted by molar-refractivity contribution is -0.384. The summed E-state index contributed by atoms with van der Waals surface area (Å²) in [6, 6.07) is 15.6. The van der Waals surface area contributed by atoms with E-state index in [0.717, 1.165) is 4.47 Å². The highest BCUT2D eigenvalue weighted by atomic mass is 79.9. The summed E-state index contributed by atoms with van der Waals surface area (Å²) in [5.74, 6) is -0.205. The summed E-state index contributed by atoms with van der Waals surface area (Å²) in [4.78, 5) is 35.4. The maximum atomic E-state index is 12.8. The molecule has 0 amide bonds. The van der Waals surface area contributed by atoms with Gasteiger partial charge in [0.05, 0.1) is 16.1 Å². The first-order chi connectivity index (χ1) is 14.8. The summed E-state index contributed by atoms with van der Waals surface area (Å²) >= 11 is 3.31. The summed E-state index contributed by atoms with van der Waals surface area (Å²) in [6.07, 6.45) is 1.51. The second-order valence-electron chi connectivity index (χ2n) is 6.80. The summed E-state index contributed by atoms with van der Waals surface area (Å²) in [5, 5.41) is 10.8. The van der Waals surface area contributed by atoms with Crippen LogP contribution in [0.3, 0.4) is 0 Å². The van der Waals surface area contributed by atoms with Gasteiger partial charge in [0.1, 0.15) is 11.5 Å². The zero-order chi connectivity index (χ0) is 22.1. The smallest absolute Gasteiger partial charge is 0.343 e. The minimum atomic E-state index is -0.530. The first-order valence-corrected chi connectivity index (χ1v) is 9.92. The second kappa shape index (κ2) is 8.16. The molecule has 0 aliphatic carbocycles. The summed E-state index contributed by atoms with van der Waals surface area (Å²) in [6.45, 7) is 1.73. The Hall–Kier alpha value is -3.78. The molecule has 0 aromatic heterocycles. The van der Waals surface area contributed by atoms with Crippen LogP contribution in [0.25, 0.3) is 6.08 Å². The third-order valence-corrected chi connectivity index (χ3v) is 5.16. The molecule has 0 spiro atoms. The Morgan fingerprint density at radius 1 is 1.10 bits per heavy atom. The molecule has 0 N–H and O–H groups in total. The van der Waals surface area contributed by atoms with E-state index in [1.807, 2.05) is 0 Å². The van der Waals surface area contributed by atoms with E-state index in [1.165, 1.54) is 36.4 Å². The van der Waals surface area contributed by atoms with Gasteiger partial charge in [-0.25, -0.2) is 4.79 Å². The number of nitro benzene ring substituents is 1. The summed E-state index contributed by atoms with van der Waals surface area (Å²) < 4.78 is 12.0. The van der Waals surface area contributed by atoms with E-state index in [1.54, 1.807) is 37.3 Å². The molecule has 0 bridgehead atoms. The zero-order valence-electron chi connectivity index (χ0n) is 16.1. The molecular formula is C23H14BrNO6. The first-order valence-electron chi connectivity index (χ1n) is 9.13. The minimum absolute atomic E-state index is 0.0443. The lowest BCUT2D eigenvalue weighted by atomic mass is 10.0. The van der Waals surface area contributed by atoms with Crippen molar-refractivity contribution in [1.82, 2.24) is 0 Å². The van der Waals surface area contributed by atoms with Crippen molar-refractivity contribution in [2.45, 2.75) is 6.92 Å². The van der Waals surface area contributed by atoms with Crippen LogP contribution in [-0.2, 0) is 0 Å². The molecule has 8 heteroatoms. The van der Waals surface area contributed by atoms with E-state index in [-0.39, 0.29) is 28.7 Å². The number of allylic oxidation sites excluding steroid dienone is 1. The molecule has 1 aliphatic heterocycles. The highest BCUT2D eigenvalue weighted by molar-refractivity contribution is 9.10. The molecule has 0 saturated carbocycles. The van der Waals surface area contributed by atoms with Gasteiger partial charge in [-0.3, -0.25) is 14.9 Å². The van der Waals surface area contributed by atoms with E-state index in [4.69, 9.17) is 9.47 Å². The standard InChI is InChI=1S/C23H14BrNO6/c1-13-10-18(30-23(27)15-4-6-16(24)7-5-15)12-19-21(13)22(26)20(31-19)11-14-2-8-17(9-3-14)25(28)29/h2-12H,1H3/b20-11-. The van der Waals surface area contributed by atoms with Gasteiger partial charge in [0, 0.05) is 22.7 Å². The van der Waals surface area contributed by atoms with Gasteiger partial charge in [0.2, 0.25) is 5.78 Å². The highest BCUT2D eigenvalue weighted by Crippen LogP contribution is 2.37. The number of hydrogen-bond acceptors (Lipinski definition) is 6. The molecule has 3 aromatic carbocycles. The van der Waals surface area contributed by atoms with Gasteiger partial charge in [-0.05, 0) is 66.6 Å². The van der Waals surface area contributed by atoms with Crippen molar-refractivity contribution in [3.8, 4) is 11.5 Å². The Morgan fingerprint density at radius 2 is 1.77 bits per heavy atom. The molecule has 0 unspecified atom stereocenters. The normalized spacial score (nSPS) is 13.6. The van der Waals surface area contributed by atoms with Gasteiger partial charge >= 0.3 is 5.97 Å². The number of hydrogen-bond donors (Lipinski definition) is 0. The Kier molecular flexibility index (Phi) is 5.39. The molecule has 1 heterocycles. The molecule has 154 valence electrons. The van der Waals surface area contributed by atoms with Crippen molar-refractivity contribution in [3.05, 3.63) is 103 Å². The Morgan fingerprint density at radius 3 is 2.42 bits per heavy atom. The molecule has 0 atom stereocenters. The molecule has 3 aromatic rings. The maximum Gasteiger partial charge on any atom is 0.343 e. The van der Waals surface area contributed by atoms with E-state index in [9.17, 15) is 19.7 Å². The number of carbonyl (C=O) groups excluding carboxylic acids is 2. The quantitative estimate of drug-likeness (QED) is 0.161. The fourth-order valence-electron chi connectivity index (χ4n) is 3.13. The van der Waals surface area contributed by atoms with Gasteiger partial charge < -0.3 is 9.47 Å². The van der Waals surface area contributed by atoms with Crippen molar-refractivity contribution in [1.29, 1.82) is 0 Å². The van der Waals surface area contributed by atoms with Gasteiger partial charge in [-0.15, -0.1) is 0 Å². The van der Waals surface area contributed by atoms with Crippen LogP contribution in [-0.4, -0.2) is 16.7 Å². The van der Waals surface area contributed by atoms with Crippen LogP contribution in [0.5, 0.6) is 11.5 Å². The monoisotopic (exact) mass is 479 g/mol. The molecule has 7 nitrogen and oxygen atoms in total. The Bertz CT molecular complexity index is 1250. The molecule has 4 rings (SSSR count). The number of halogens is 1. The van der Waals surface area contributed by atoms with E-state index in [2.05, 4.69) is 15.9 Å². The molecule has 0 fully saturated rings. The fourth-order valence-corrected chi connectivity index (χ4v) is 3.40. The number of ketones is 1. The third-order valence-electron chi connectivity index (χ3n) is 4.64. The van der Waals surface area contributed by atoms with Crippen molar-refractivity contribution < 1.29 is 24.0 Å². The second-order valence-corrected chi connectivity index (χ2v) is 7.71. The van der Waals surface area contributed by atoms with Crippen molar-refractivity contribution in [2.24, 2.45) is 0 Å². The number of ether oxygens (including phenoxy) is 2. The molecule has 1 aliphatic rings. The molecule has 0 radical (unpaired) electrons. The van der Waals surface area contributed by atoms with Crippen LogP contribution >= 0.6 is 15.9 Å². The number of nitrogens with zero attached hydrogens (tertiary/aromatic N) is 1. The SMILES string of the molecule is Cc1cc(OC(=O)c2ccc(Br)cc2)cc2c1C(=O)/C(=C/c1ccc([N+](=O)[O-])cc1)O2. The number of fused-ring (bicyclic) bond motifs is 1. The van der Waals surface area contributed by atoms with Crippen LogP contribution < -0.4 is 9.47 Å². The van der Waals surface area contributed by atoms with E-state index < -0.39 is 10.9 Å². The first kappa shape index (κ1) is 20.5. The number of aryl methyl sites for hydroxylation is 1. The van der Waals surface area contributed by atoms with Crippen molar-refractivity contribution in [2.75, 3.05) is 0 Å². The van der Waals surface area contributed by atoms with Crippen LogP contribution in [0, 0.1) is 17.0 Å². The van der Waals surface area contributed by atoms with Crippen LogP contribution in [0.2, 0.25) is 0 Å². The lowest BCUT2D eigenvalue weighted by Crippen LogP contribution is -2.08. The largest absolute Gasteiger partial charge is 0.452 e. The topological polar surface area (TPSA) is 95.7 Å². The molecule has 31 heavy (non-hydrogen) atoms. The molecule has 0 saturated heterocycles. The maximum absolute atomic E-state index is 12.8. The minimum Gasteiger partial charge on any atom is -0.452 e. The van der Waals surface area contributed by atoms with Gasteiger partial charge in [-0.1, -0.05) is 15.9 Å². The fraction of sp³-hybridized carbons (Fsp3) is 0.0435. The van der Waals surface area contributed by atoms with Crippen molar-refractivity contribution in [3.63, 3.8) is 0 Å². The number of Topliss-reactive ketones (excluding diaryl/α,β-unsaturated/α-hetero) is 1. The Balaban J connectivity index is 1.58. The Labute approximate surface area is 185 Å². The predicted molar refractivity (Wildman–Crippen MR) is 116 cm³/mol.